The number of furan rings is 1. The predicted molar refractivity (Wildman–Crippen MR) is 158 cm³/mol. The maximum atomic E-state index is 13.9. The molecule has 0 bridgehead atoms. The molecule has 2 aromatic heterocycles. The van der Waals surface area contributed by atoms with Crippen LogP contribution in [0.15, 0.2) is 105 Å². The minimum absolute atomic E-state index is 0.0863. The van der Waals surface area contributed by atoms with Gasteiger partial charge >= 0.3 is 11.7 Å². The third-order valence-corrected chi connectivity index (χ3v) is 7.87. The van der Waals surface area contributed by atoms with Gasteiger partial charge in [-0.2, -0.15) is 4.39 Å². The number of halogens is 2. The summed E-state index contributed by atoms with van der Waals surface area (Å²) in [7, 11) is 0. The second kappa shape index (κ2) is 11.7. The Morgan fingerprint density at radius 1 is 1.07 bits per heavy atom. The lowest BCUT2D eigenvalue weighted by Gasteiger charge is -2.25. The summed E-state index contributed by atoms with van der Waals surface area (Å²) in [6.45, 7) is 1.76. The van der Waals surface area contributed by atoms with Crippen molar-refractivity contribution in [2.24, 2.45) is 4.99 Å². The molecule has 0 aliphatic carbocycles. The maximum Gasteiger partial charge on any atom is 0.338 e. The van der Waals surface area contributed by atoms with Gasteiger partial charge in [-0.1, -0.05) is 53.8 Å². The maximum absolute atomic E-state index is 13.9. The number of nitro groups is 1. The van der Waals surface area contributed by atoms with Gasteiger partial charge in [0.1, 0.15) is 17.3 Å². The average Bonchev–Trinajstić information content (AvgIpc) is 3.61. The minimum Gasteiger partial charge on any atom is -0.463 e. The molecule has 5 aromatic rings. The van der Waals surface area contributed by atoms with E-state index in [1.807, 2.05) is 6.07 Å². The molecular formula is C32H21F2N3O6S. The molecule has 0 saturated carbocycles. The lowest BCUT2D eigenvalue weighted by Crippen LogP contribution is -2.40. The fourth-order valence-corrected chi connectivity index (χ4v) is 5.90. The molecule has 0 unspecified atom stereocenters. The summed E-state index contributed by atoms with van der Waals surface area (Å²) in [6.07, 6.45) is 1.49. The smallest absolute Gasteiger partial charge is 0.338 e. The predicted octanol–water partition coefficient (Wildman–Crippen LogP) is 5.38. The van der Waals surface area contributed by atoms with Gasteiger partial charge in [0, 0.05) is 23.3 Å². The topological polar surface area (TPSA) is 117 Å². The normalized spacial score (nSPS) is 14.7. The minimum atomic E-state index is -0.977. The molecular weight excluding hydrogens is 592 g/mol. The van der Waals surface area contributed by atoms with E-state index in [-0.39, 0.29) is 33.8 Å². The average molecular weight is 614 g/mol. The third kappa shape index (κ3) is 5.26. The van der Waals surface area contributed by atoms with Crippen LogP contribution in [0.2, 0.25) is 0 Å². The Morgan fingerprint density at radius 2 is 1.82 bits per heavy atom. The van der Waals surface area contributed by atoms with Crippen LogP contribution in [-0.2, 0) is 9.53 Å². The molecule has 44 heavy (non-hydrogen) atoms. The Kier molecular flexibility index (Phi) is 7.58. The molecule has 3 heterocycles. The quantitative estimate of drug-likeness (QED) is 0.138. The molecule has 1 aliphatic rings. The van der Waals surface area contributed by atoms with Crippen molar-refractivity contribution in [3.8, 4) is 11.3 Å². The van der Waals surface area contributed by atoms with E-state index >= 15 is 0 Å². The van der Waals surface area contributed by atoms with Gasteiger partial charge in [-0.15, -0.1) is 0 Å². The molecule has 0 radical (unpaired) electrons. The first-order valence-electron chi connectivity index (χ1n) is 13.3. The summed E-state index contributed by atoms with van der Waals surface area (Å²) in [4.78, 5) is 42.8. The molecule has 0 spiro atoms. The summed E-state index contributed by atoms with van der Waals surface area (Å²) in [5.41, 5.74) is 0.662. The first kappa shape index (κ1) is 28.6. The molecule has 0 N–H and O–H groups in total. The zero-order valence-corrected chi connectivity index (χ0v) is 23.7. The second-order valence-electron chi connectivity index (χ2n) is 9.61. The Bertz CT molecular complexity index is 2130. The number of hydrogen-bond acceptors (Lipinski definition) is 8. The van der Waals surface area contributed by atoms with Crippen LogP contribution in [0.1, 0.15) is 29.9 Å². The zero-order chi connectivity index (χ0) is 31.0. The van der Waals surface area contributed by atoms with Gasteiger partial charge in [0.05, 0.1) is 33.4 Å². The van der Waals surface area contributed by atoms with Crippen LogP contribution in [0.4, 0.5) is 14.5 Å². The number of carbonyl (C=O) groups excluding carboxylic acids is 1. The number of aromatic nitrogens is 1. The molecule has 0 amide bonds. The van der Waals surface area contributed by atoms with Crippen LogP contribution in [-0.4, -0.2) is 22.1 Å². The summed E-state index contributed by atoms with van der Waals surface area (Å²) in [5.74, 6) is -1.64. The van der Waals surface area contributed by atoms with E-state index in [1.54, 1.807) is 43.3 Å². The molecule has 12 heteroatoms. The molecule has 9 nitrogen and oxygen atoms in total. The number of hydrogen-bond donors (Lipinski definition) is 0. The van der Waals surface area contributed by atoms with Crippen LogP contribution in [0.25, 0.3) is 23.1 Å². The van der Waals surface area contributed by atoms with Crippen molar-refractivity contribution in [2.45, 2.75) is 13.0 Å². The first-order chi connectivity index (χ1) is 21.2. The zero-order valence-electron chi connectivity index (χ0n) is 22.9. The Labute approximate surface area is 251 Å². The van der Waals surface area contributed by atoms with Crippen molar-refractivity contribution >= 4 is 34.8 Å². The number of benzene rings is 3. The van der Waals surface area contributed by atoms with E-state index in [9.17, 15) is 28.5 Å². The Balaban J connectivity index is 1.53. The molecule has 1 atom stereocenters. The number of carbonyl (C=O) groups is 1. The van der Waals surface area contributed by atoms with Crippen molar-refractivity contribution < 1.29 is 27.7 Å². The summed E-state index contributed by atoms with van der Waals surface area (Å²) < 4.78 is 40.6. The number of fused-ring (bicyclic) bond motifs is 1. The summed E-state index contributed by atoms with van der Waals surface area (Å²) in [5, 5.41) is 11.2. The standard InChI is InChI=1S/C32H21F2N3O6S/c1-2-42-31(39)27-28(18-6-4-3-5-7-18)35-32-36(29(27)19-8-11-21(33)12-9-19)30(38)26(44-32)17-22-13-15-25(43-22)20-10-14-23(34)24(16-20)37(40)41/h3-17,29H,2H2,1H3/b26-17-/t29-/m0/s1. The molecule has 220 valence electrons. The molecule has 1 aliphatic heterocycles. The second-order valence-corrected chi connectivity index (χ2v) is 10.6. The number of nitro benzene ring substituents is 1. The molecule has 3 aromatic carbocycles. The number of esters is 1. The van der Waals surface area contributed by atoms with E-state index in [0.717, 1.165) is 23.5 Å². The van der Waals surface area contributed by atoms with Crippen LogP contribution < -0.4 is 14.9 Å². The van der Waals surface area contributed by atoms with Gasteiger partial charge in [-0.25, -0.2) is 14.2 Å². The lowest BCUT2D eigenvalue weighted by atomic mass is 9.93. The fourth-order valence-electron chi connectivity index (χ4n) is 4.92. The van der Waals surface area contributed by atoms with Crippen LogP contribution in [0.5, 0.6) is 0 Å². The lowest BCUT2D eigenvalue weighted by molar-refractivity contribution is -0.387. The highest BCUT2D eigenvalue weighted by Crippen LogP contribution is 2.35. The SMILES string of the molecule is CCOC(=O)C1=C(c2ccccc2)N=c2s/c(=C\c3ccc(-c4ccc(F)c([N+](=O)[O-])c4)o3)c(=O)n2[C@H]1c1ccc(F)cc1. The van der Waals surface area contributed by atoms with Crippen molar-refractivity contribution in [1.29, 1.82) is 0 Å². The highest BCUT2D eigenvalue weighted by molar-refractivity contribution is 7.07. The summed E-state index contributed by atoms with van der Waals surface area (Å²) >= 11 is 1.07. The molecule has 6 rings (SSSR count). The van der Waals surface area contributed by atoms with Crippen LogP contribution in [0, 0.1) is 21.7 Å². The fraction of sp³-hybridized carbons (Fsp3) is 0.0938. The van der Waals surface area contributed by atoms with Crippen molar-refractivity contribution in [3.63, 3.8) is 0 Å². The van der Waals surface area contributed by atoms with E-state index in [4.69, 9.17) is 14.1 Å². The monoisotopic (exact) mass is 613 g/mol. The van der Waals surface area contributed by atoms with Crippen molar-refractivity contribution in [1.82, 2.24) is 4.57 Å². The van der Waals surface area contributed by atoms with Gasteiger partial charge in [0.15, 0.2) is 4.80 Å². The first-order valence-corrected chi connectivity index (χ1v) is 14.1. The van der Waals surface area contributed by atoms with E-state index in [0.29, 0.717) is 21.6 Å². The van der Waals surface area contributed by atoms with Gasteiger partial charge < -0.3 is 9.15 Å². The Morgan fingerprint density at radius 3 is 2.52 bits per heavy atom. The van der Waals surface area contributed by atoms with Gasteiger partial charge in [-0.05, 0) is 48.9 Å². The van der Waals surface area contributed by atoms with Gasteiger partial charge in [0.25, 0.3) is 5.56 Å². The van der Waals surface area contributed by atoms with Crippen molar-refractivity contribution in [3.05, 3.63) is 149 Å². The highest BCUT2D eigenvalue weighted by atomic mass is 32.1. The number of ether oxygens (including phenoxy) is 1. The van der Waals surface area contributed by atoms with Crippen LogP contribution in [0.3, 0.4) is 0 Å². The molecule has 0 saturated heterocycles. The van der Waals surface area contributed by atoms with E-state index in [1.165, 1.54) is 41.0 Å². The number of thiazole rings is 1. The van der Waals surface area contributed by atoms with E-state index in [2.05, 4.69) is 0 Å². The van der Waals surface area contributed by atoms with Crippen LogP contribution >= 0.6 is 11.3 Å². The number of nitrogens with zero attached hydrogens (tertiary/aromatic N) is 3. The number of rotatable bonds is 7. The molecule has 0 fully saturated rings. The summed E-state index contributed by atoms with van der Waals surface area (Å²) in [6, 6.07) is 20.1. The largest absolute Gasteiger partial charge is 0.463 e. The third-order valence-electron chi connectivity index (χ3n) is 6.89. The Hall–Kier alpha value is -5.49. The highest BCUT2D eigenvalue weighted by Gasteiger charge is 2.35. The van der Waals surface area contributed by atoms with Gasteiger partial charge in [0.2, 0.25) is 5.82 Å². The van der Waals surface area contributed by atoms with E-state index < -0.39 is 39.8 Å². The van der Waals surface area contributed by atoms with Gasteiger partial charge in [-0.3, -0.25) is 19.5 Å². The van der Waals surface area contributed by atoms with Crippen molar-refractivity contribution in [2.75, 3.05) is 6.61 Å².